The van der Waals surface area contributed by atoms with Crippen LogP contribution >= 0.6 is 24.2 Å². The summed E-state index contributed by atoms with van der Waals surface area (Å²) in [5.74, 6) is 1.51. The van der Waals surface area contributed by atoms with Crippen LogP contribution in [0.3, 0.4) is 0 Å². The lowest BCUT2D eigenvalue weighted by Crippen LogP contribution is -2.52. The number of thioether (sulfide) groups is 1. The first-order chi connectivity index (χ1) is 8.72. The second-order valence-electron chi connectivity index (χ2n) is 5.16. The van der Waals surface area contributed by atoms with Crippen molar-refractivity contribution < 1.29 is 9.53 Å². The van der Waals surface area contributed by atoms with Crippen LogP contribution in [-0.4, -0.2) is 54.2 Å². The Balaban J connectivity index is 0.00000180. The number of hydrogen-bond acceptors (Lipinski definition) is 4. The molecule has 19 heavy (non-hydrogen) atoms. The van der Waals surface area contributed by atoms with Gasteiger partial charge in [0.05, 0.1) is 6.04 Å². The standard InChI is InChI=1S/C13H24N2O2S.ClH/c1-2-11-9-15(5-8-18-11)13(16)12(14)10-3-6-17-7-4-10;/h10-12H,2-9,14H2,1H3;1H. The van der Waals surface area contributed by atoms with Crippen molar-refractivity contribution in [3.05, 3.63) is 0 Å². The van der Waals surface area contributed by atoms with Gasteiger partial charge in [-0.1, -0.05) is 6.92 Å². The maximum absolute atomic E-state index is 12.4. The van der Waals surface area contributed by atoms with Gasteiger partial charge >= 0.3 is 0 Å². The first-order valence-corrected chi connectivity index (χ1v) is 8.01. The molecule has 0 aliphatic carbocycles. The lowest BCUT2D eigenvalue weighted by molar-refractivity contribution is -0.134. The largest absolute Gasteiger partial charge is 0.381 e. The fourth-order valence-corrected chi connectivity index (χ4v) is 3.83. The van der Waals surface area contributed by atoms with E-state index in [-0.39, 0.29) is 24.4 Å². The maximum Gasteiger partial charge on any atom is 0.239 e. The van der Waals surface area contributed by atoms with Crippen molar-refractivity contribution in [3.8, 4) is 0 Å². The lowest BCUT2D eigenvalue weighted by atomic mass is 9.91. The van der Waals surface area contributed by atoms with Crippen LogP contribution in [0.15, 0.2) is 0 Å². The van der Waals surface area contributed by atoms with Gasteiger partial charge in [0, 0.05) is 37.3 Å². The maximum atomic E-state index is 12.4. The molecule has 6 heteroatoms. The van der Waals surface area contributed by atoms with Crippen LogP contribution in [0.1, 0.15) is 26.2 Å². The molecule has 112 valence electrons. The van der Waals surface area contributed by atoms with E-state index >= 15 is 0 Å². The smallest absolute Gasteiger partial charge is 0.239 e. The Bertz CT molecular complexity index is 284. The minimum atomic E-state index is -0.325. The van der Waals surface area contributed by atoms with Crippen molar-refractivity contribution in [2.24, 2.45) is 11.7 Å². The van der Waals surface area contributed by atoms with Crippen LogP contribution in [-0.2, 0) is 9.53 Å². The van der Waals surface area contributed by atoms with Gasteiger partial charge in [-0.25, -0.2) is 0 Å². The second kappa shape index (κ2) is 8.35. The molecule has 2 saturated heterocycles. The Labute approximate surface area is 126 Å². The molecule has 0 aromatic rings. The van der Waals surface area contributed by atoms with Crippen molar-refractivity contribution in [3.63, 3.8) is 0 Å². The number of carbonyl (C=O) groups excluding carboxylic acids is 1. The number of carbonyl (C=O) groups is 1. The van der Waals surface area contributed by atoms with Crippen molar-refractivity contribution in [2.45, 2.75) is 37.5 Å². The summed E-state index contributed by atoms with van der Waals surface area (Å²) < 4.78 is 5.33. The third-order valence-corrected chi connectivity index (χ3v) is 5.34. The minimum absolute atomic E-state index is 0. The van der Waals surface area contributed by atoms with E-state index < -0.39 is 0 Å². The van der Waals surface area contributed by atoms with E-state index in [1.165, 1.54) is 0 Å². The van der Waals surface area contributed by atoms with Gasteiger partial charge in [0.2, 0.25) is 5.91 Å². The molecule has 2 heterocycles. The molecule has 2 unspecified atom stereocenters. The summed E-state index contributed by atoms with van der Waals surface area (Å²) in [4.78, 5) is 14.4. The molecule has 0 saturated carbocycles. The summed E-state index contributed by atoms with van der Waals surface area (Å²) >= 11 is 1.98. The fourth-order valence-electron chi connectivity index (χ4n) is 2.65. The van der Waals surface area contributed by atoms with Gasteiger partial charge in [0.25, 0.3) is 0 Å². The number of nitrogens with two attached hydrogens (primary N) is 1. The van der Waals surface area contributed by atoms with Crippen molar-refractivity contribution >= 4 is 30.1 Å². The van der Waals surface area contributed by atoms with Crippen molar-refractivity contribution in [1.29, 1.82) is 0 Å². The zero-order valence-electron chi connectivity index (χ0n) is 11.5. The average molecular weight is 309 g/mol. The van der Waals surface area contributed by atoms with Gasteiger partial charge in [-0.2, -0.15) is 11.8 Å². The summed E-state index contributed by atoms with van der Waals surface area (Å²) in [7, 11) is 0. The Morgan fingerprint density at radius 3 is 2.79 bits per heavy atom. The zero-order chi connectivity index (χ0) is 13.0. The first kappa shape index (κ1) is 17.1. The van der Waals surface area contributed by atoms with Gasteiger partial charge in [-0.15, -0.1) is 12.4 Å². The average Bonchev–Trinajstić information content (AvgIpc) is 2.46. The van der Waals surface area contributed by atoms with E-state index in [2.05, 4.69) is 6.92 Å². The van der Waals surface area contributed by atoms with E-state index in [9.17, 15) is 4.79 Å². The monoisotopic (exact) mass is 308 g/mol. The molecule has 2 N–H and O–H groups in total. The quantitative estimate of drug-likeness (QED) is 0.859. The summed E-state index contributed by atoms with van der Waals surface area (Å²) in [5.41, 5.74) is 6.16. The highest BCUT2D eigenvalue weighted by Crippen LogP contribution is 2.24. The molecule has 2 fully saturated rings. The number of hydrogen-bond donors (Lipinski definition) is 1. The first-order valence-electron chi connectivity index (χ1n) is 6.96. The van der Waals surface area contributed by atoms with E-state index in [1.54, 1.807) is 0 Å². The number of halogens is 1. The molecule has 1 amide bonds. The van der Waals surface area contributed by atoms with E-state index in [1.807, 2.05) is 16.7 Å². The third-order valence-electron chi connectivity index (χ3n) is 3.96. The highest BCUT2D eigenvalue weighted by atomic mass is 35.5. The predicted molar refractivity (Wildman–Crippen MR) is 81.9 cm³/mol. The number of amides is 1. The van der Waals surface area contributed by atoms with Gasteiger partial charge in [-0.05, 0) is 25.2 Å². The third kappa shape index (κ3) is 4.52. The van der Waals surface area contributed by atoms with Gasteiger partial charge in [0.15, 0.2) is 0 Å². The molecule has 0 aromatic carbocycles. The molecular weight excluding hydrogens is 284 g/mol. The molecule has 0 aromatic heterocycles. The van der Waals surface area contributed by atoms with Crippen LogP contribution < -0.4 is 5.73 Å². The van der Waals surface area contributed by atoms with E-state index in [4.69, 9.17) is 10.5 Å². The number of ether oxygens (including phenoxy) is 1. The lowest BCUT2D eigenvalue weighted by Gasteiger charge is -2.36. The normalized spacial score (nSPS) is 26.6. The summed E-state index contributed by atoms with van der Waals surface area (Å²) in [6.45, 7) is 5.41. The number of nitrogens with zero attached hydrogens (tertiary/aromatic N) is 1. The van der Waals surface area contributed by atoms with Crippen LogP contribution in [0, 0.1) is 5.92 Å². The molecule has 4 nitrogen and oxygen atoms in total. The van der Waals surface area contributed by atoms with E-state index in [0.29, 0.717) is 11.2 Å². The topological polar surface area (TPSA) is 55.6 Å². The van der Waals surface area contributed by atoms with E-state index in [0.717, 1.165) is 51.3 Å². The van der Waals surface area contributed by atoms with Gasteiger partial charge < -0.3 is 15.4 Å². The SMILES string of the molecule is CCC1CN(C(=O)C(N)C2CCOCC2)CCS1.Cl. The molecule has 0 bridgehead atoms. The highest BCUT2D eigenvalue weighted by molar-refractivity contribution is 8.00. The minimum Gasteiger partial charge on any atom is -0.381 e. The van der Waals surface area contributed by atoms with Gasteiger partial charge in [-0.3, -0.25) is 4.79 Å². The summed E-state index contributed by atoms with van der Waals surface area (Å²) in [6, 6.07) is -0.325. The van der Waals surface area contributed by atoms with Crippen molar-refractivity contribution in [2.75, 3.05) is 32.1 Å². The summed E-state index contributed by atoms with van der Waals surface area (Å²) in [5, 5.41) is 0.588. The Hall–Kier alpha value is 0.0300. The number of rotatable bonds is 3. The summed E-state index contributed by atoms with van der Waals surface area (Å²) in [6.07, 6.45) is 2.97. The second-order valence-corrected chi connectivity index (χ2v) is 6.57. The molecule has 0 radical (unpaired) electrons. The molecule has 0 spiro atoms. The van der Waals surface area contributed by atoms with Crippen LogP contribution in [0.25, 0.3) is 0 Å². The Morgan fingerprint density at radius 2 is 2.16 bits per heavy atom. The zero-order valence-corrected chi connectivity index (χ0v) is 13.2. The van der Waals surface area contributed by atoms with Crippen molar-refractivity contribution in [1.82, 2.24) is 4.90 Å². The Kier molecular flexibility index (Phi) is 7.50. The van der Waals surface area contributed by atoms with Crippen LogP contribution in [0.4, 0.5) is 0 Å². The molecule has 2 aliphatic rings. The van der Waals surface area contributed by atoms with Crippen LogP contribution in [0.5, 0.6) is 0 Å². The molecular formula is C13H25ClN2O2S. The van der Waals surface area contributed by atoms with Crippen LogP contribution in [0.2, 0.25) is 0 Å². The fraction of sp³-hybridized carbons (Fsp3) is 0.923. The Morgan fingerprint density at radius 1 is 1.47 bits per heavy atom. The highest BCUT2D eigenvalue weighted by Gasteiger charge is 2.32. The van der Waals surface area contributed by atoms with Gasteiger partial charge in [0.1, 0.15) is 0 Å². The predicted octanol–water partition coefficient (Wildman–Crippen LogP) is 1.52. The molecule has 2 atom stereocenters. The molecule has 2 aliphatic heterocycles. The molecule has 2 rings (SSSR count).